The van der Waals surface area contributed by atoms with Crippen molar-refractivity contribution in [3.05, 3.63) is 59.7 Å². The first-order chi connectivity index (χ1) is 11.7. The predicted molar refractivity (Wildman–Crippen MR) is 98.6 cm³/mol. The van der Waals surface area contributed by atoms with E-state index < -0.39 is 10.0 Å². The van der Waals surface area contributed by atoms with Gasteiger partial charge in [-0.05, 0) is 48.9 Å². The van der Waals surface area contributed by atoms with E-state index >= 15 is 0 Å². The molecule has 1 N–H and O–H groups in total. The molecule has 0 saturated carbocycles. The Morgan fingerprint density at radius 1 is 1.08 bits per heavy atom. The van der Waals surface area contributed by atoms with E-state index in [1.54, 1.807) is 31.4 Å². The van der Waals surface area contributed by atoms with Crippen LogP contribution in [0.5, 0.6) is 5.75 Å². The highest BCUT2D eigenvalue weighted by molar-refractivity contribution is 7.92. The molecule has 7 heteroatoms. The molecule has 1 atom stereocenters. The van der Waals surface area contributed by atoms with Gasteiger partial charge in [-0.15, -0.1) is 0 Å². The molecule has 6 nitrogen and oxygen atoms in total. The highest BCUT2D eigenvalue weighted by atomic mass is 32.2. The van der Waals surface area contributed by atoms with Gasteiger partial charge in [-0.25, -0.2) is 8.42 Å². The van der Waals surface area contributed by atoms with E-state index in [0.717, 1.165) is 21.9 Å². The second-order valence-corrected chi connectivity index (χ2v) is 7.76. The molecule has 0 fully saturated rings. The lowest BCUT2D eigenvalue weighted by Crippen LogP contribution is -2.27. The summed E-state index contributed by atoms with van der Waals surface area (Å²) in [5.41, 5.74) is 1.93. The monoisotopic (exact) mass is 362 g/mol. The average molecular weight is 362 g/mol. The van der Waals surface area contributed by atoms with Crippen molar-refractivity contribution in [3.8, 4) is 5.75 Å². The van der Waals surface area contributed by atoms with Crippen molar-refractivity contribution in [3.63, 3.8) is 0 Å². The first-order valence-corrected chi connectivity index (χ1v) is 9.56. The fraction of sp³-hybridized carbons (Fsp3) is 0.278. The summed E-state index contributed by atoms with van der Waals surface area (Å²) in [7, 11) is -0.257. The molecular formula is C18H22N2O4S. The van der Waals surface area contributed by atoms with Crippen LogP contribution in [0.1, 0.15) is 28.9 Å². The fourth-order valence-electron chi connectivity index (χ4n) is 2.27. The Balaban J connectivity index is 2.07. The number of anilines is 1. The minimum Gasteiger partial charge on any atom is -0.497 e. The summed E-state index contributed by atoms with van der Waals surface area (Å²) in [5, 5.41) is 2.92. The molecule has 0 saturated heterocycles. The standard InChI is InChI=1S/C18H22N2O4S/c1-13(14-7-11-17(24-3)12-8-14)19-18(21)15-5-9-16(10-6-15)20(2)25(4,22)23/h5-13H,1-4H3,(H,19,21)/t13-/m0/s1. The molecule has 134 valence electrons. The number of rotatable bonds is 6. The first kappa shape index (κ1) is 18.8. The smallest absolute Gasteiger partial charge is 0.251 e. The second kappa shape index (κ2) is 7.57. The molecule has 0 aliphatic carbocycles. The Kier molecular flexibility index (Phi) is 5.69. The van der Waals surface area contributed by atoms with Gasteiger partial charge in [-0.3, -0.25) is 9.10 Å². The molecule has 2 aromatic carbocycles. The third-order valence-electron chi connectivity index (χ3n) is 3.95. The number of hydrogen-bond acceptors (Lipinski definition) is 4. The molecule has 2 rings (SSSR count). The normalized spacial score (nSPS) is 12.3. The molecule has 2 aromatic rings. The zero-order valence-electron chi connectivity index (χ0n) is 14.7. The Bertz CT molecular complexity index is 830. The Hall–Kier alpha value is -2.54. The molecule has 0 spiro atoms. The molecule has 0 aliphatic rings. The quantitative estimate of drug-likeness (QED) is 0.857. The van der Waals surface area contributed by atoms with Crippen molar-refractivity contribution in [1.29, 1.82) is 0 Å². The zero-order chi connectivity index (χ0) is 18.6. The number of carbonyl (C=O) groups is 1. The van der Waals surface area contributed by atoms with E-state index in [9.17, 15) is 13.2 Å². The summed E-state index contributed by atoms with van der Waals surface area (Å²) >= 11 is 0. The van der Waals surface area contributed by atoms with E-state index in [-0.39, 0.29) is 11.9 Å². The van der Waals surface area contributed by atoms with Crippen molar-refractivity contribution >= 4 is 21.6 Å². The summed E-state index contributed by atoms with van der Waals surface area (Å²) in [6, 6.07) is 13.7. The van der Waals surface area contributed by atoms with Gasteiger partial charge >= 0.3 is 0 Å². The topological polar surface area (TPSA) is 75.7 Å². The molecule has 0 bridgehead atoms. The van der Waals surface area contributed by atoms with Gasteiger partial charge in [0.15, 0.2) is 0 Å². The number of ether oxygens (including phenoxy) is 1. The number of benzene rings is 2. The molecule has 1 amide bonds. The van der Waals surface area contributed by atoms with Crippen molar-refractivity contribution in [2.45, 2.75) is 13.0 Å². The average Bonchev–Trinajstić information content (AvgIpc) is 2.60. The van der Waals surface area contributed by atoms with Crippen LogP contribution in [0.25, 0.3) is 0 Å². The van der Waals surface area contributed by atoms with Crippen molar-refractivity contribution in [2.75, 3.05) is 24.7 Å². The first-order valence-electron chi connectivity index (χ1n) is 7.71. The predicted octanol–water partition coefficient (Wildman–Crippen LogP) is 2.58. The molecular weight excluding hydrogens is 340 g/mol. The lowest BCUT2D eigenvalue weighted by atomic mass is 10.1. The summed E-state index contributed by atoms with van der Waals surface area (Å²) in [6.07, 6.45) is 1.13. The van der Waals surface area contributed by atoms with Gasteiger partial charge in [0, 0.05) is 12.6 Å². The van der Waals surface area contributed by atoms with Crippen LogP contribution in [0.3, 0.4) is 0 Å². The summed E-state index contributed by atoms with van der Waals surface area (Å²) in [6.45, 7) is 1.89. The zero-order valence-corrected chi connectivity index (χ0v) is 15.5. The van der Waals surface area contributed by atoms with Crippen molar-refractivity contribution < 1.29 is 17.9 Å². The Morgan fingerprint density at radius 2 is 1.64 bits per heavy atom. The fourth-order valence-corrected chi connectivity index (χ4v) is 2.77. The van der Waals surface area contributed by atoms with Gasteiger partial charge in [0.2, 0.25) is 10.0 Å². The largest absolute Gasteiger partial charge is 0.497 e. The number of amides is 1. The van der Waals surface area contributed by atoms with Gasteiger partial charge in [-0.1, -0.05) is 12.1 Å². The van der Waals surface area contributed by atoms with Crippen molar-refractivity contribution in [1.82, 2.24) is 5.32 Å². The van der Waals surface area contributed by atoms with E-state index in [4.69, 9.17) is 4.74 Å². The third kappa shape index (κ3) is 4.73. The Morgan fingerprint density at radius 3 is 2.12 bits per heavy atom. The van der Waals surface area contributed by atoms with Crippen LogP contribution in [0.4, 0.5) is 5.69 Å². The maximum absolute atomic E-state index is 12.4. The second-order valence-electron chi connectivity index (χ2n) is 5.75. The summed E-state index contributed by atoms with van der Waals surface area (Å²) in [4.78, 5) is 12.4. The molecule has 25 heavy (non-hydrogen) atoms. The van der Waals surface area contributed by atoms with Crippen LogP contribution in [-0.4, -0.2) is 34.7 Å². The molecule has 0 heterocycles. The van der Waals surface area contributed by atoms with E-state index in [1.807, 2.05) is 31.2 Å². The summed E-state index contributed by atoms with van der Waals surface area (Å²) in [5.74, 6) is 0.532. The summed E-state index contributed by atoms with van der Waals surface area (Å²) < 4.78 is 29.4. The highest BCUT2D eigenvalue weighted by Crippen LogP contribution is 2.19. The Labute approximate surface area is 148 Å². The van der Waals surface area contributed by atoms with Crippen LogP contribution < -0.4 is 14.4 Å². The van der Waals surface area contributed by atoms with E-state index in [1.165, 1.54) is 7.05 Å². The van der Waals surface area contributed by atoms with Gasteiger partial charge < -0.3 is 10.1 Å². The minimum absolute atomic E-state index is 0.170. The van der Waals surface area contributed by atoms with Crippen LogP contribution >= 0.6 is 0 Å². The lowest BCUT2D eigenvalue weighted by Gasteiger charge is -2.17. The minimum atomic E-state index is -3.33. The lowest BCUT2D eigenvalue weighted by molar-refractivity contribution is 0.0940. The molecule has 0 unspecified atom stereocenters. The SMILES string of the molecule is COc1ccc([C@H](C)NC(=O)c2ccc(N(C)S(C)(=O)=O)cc2)cc1. The molecule has 0 aromatic heterocycles. The van der Waals surface area contributed by atoms with Crippen LogP contribution in [0, 0.1) is 0 Å². The maximum atomic E-state index is 12.4. The number of carbonyl (C=O) groups excluding carboxylic acids is 1. The highest BCUT2D eigenvalue weighted by Gasteiger charge is 2.14. The number of nitrogens with one attached hydrogen (secondary N) is 1. The van der Waals surface area contributed by atoms with Crippen LogP contribution in [0.15, 0.2) is 48.5 Å². The van der Waals surface area contributed by atoms with Gasteiger partial charge in [0.1, 0.15) is 5.75 Å². The number of nitrogens with zero attached hydrogens (tertiary/aromatic N) is 1. The van der Waals surface area contributed by atoms with Crippen LogP contribution in [0.2, 0.25) is 0 Å². The van der Waals surface area contributed by atoms with Gasteiger partial charge in [0.25, 0.3) is 5.91 Å². The third-order valence-corrected chi connectivity index (χ3v) is 5.16. The number of methoxy groups -OCH3 is 1. The maximum Gasteiger partial charge on any atom is 0.251 e. The van der Waals surface area contributed by atoms with Gasteiger partial charge in [0.05, 0.1) is 25.1 Å². The number of hydrogen-bond donors (Lipinski definition) is 1. The molecule has 0 aliphatic heterocycles. The van der Waals surface area contributed by atoms with Gasteiger partial charge in [-0.2, -0.15) is 0 Å². The van der Waals surface area contributed by atoms with Crippen LogP contribution in [-0.2, 0) is 10.0 Å². The number of sulfonamides is 1. The van der Waals surface area contributed by atoms with E-state index in [2.05, 4.69) is 5.32 Å². The van der Waals surface area contributed by atoms with E-state index in [0.29, 0.717) is 11.3 Å². The molecule has 0 radical (unpaired) electrons. The van der Waals surface area contributed by atoms with Crippen molar-refractivity contribution in [2.24, 2.45) is 0 Å².